The number of carbonyl (C=O) groups excluding carboxylic acids is 1. The molecule has 0 radical (unpaired) electrons. The smallest absolute Gasteiger partial charge is 0.433 e. The third-order valence-corrected chi connectivity index (χ3v) is 3.87. The second-order valence-corrected chi connectivity index (χ2v) is 6.03. The predicted octanol–water partition coefficient (Wildman–Crippen LogP) is 3.48. The lowest BCUT2D eigenvalue weighted by Gasteiger charge is -2.21. The summed E-state index contributed by atoms with van der Waals surface area (Å²) in [5, 5.41) is 13.8. The molecule has 0 bridgehead atoms. The van der Waals surface area contributed by atoms with Crippen LogP contribution in [0.15, 0.2) is 53.1 Å². The highest BCUT2D eigenvalue weighted by molar-refractivity contribution is 5.93. The van der Waals surface area contributed by atoms with Gasteiger partial charge in [0.1, 0.15) is 22.6 Å². The summed E-state index contributed by atoms with van der Waals surface area (Å²) in [5.41, 5.74) is -2.02. The minimum Gasteiger partial charge on any atom is -0.458 e. The van der Waals surface area contributed by atoms with Gasteiger partial charge in [0, 0.05) is 11.6 Å². The number of halogens is 3. The number of pyridine rings is 1. The molecule has 0 spiro atoms. The molecule has 26 heavy (non-hydrogen) atoms. The minimum absolute atomic E-state index is 0.0431. The minimum atomic E-state index is -4.57. The molecule has 3 aromatic rings. The van der Waals surface area contributed by atoms with Gasteiger partial charge in [-0.2, -0.15) is 13.2 Å². The first kappa shape index (κ1) is 17.9. The standard InChI is InChI=1S/C18H15F3N2O3/c1-17(25,15-8-11-4-2-3-5-13(11)26-15)10-23-16(24)12-6-7-14(22-9-12)18(19,20)21/h2-9,25H,10H2,1H3,(H,23,24)/t17-/m0/s1. The van der Waals surface area contributed by atoms with Crippen LogP contribution in [0.4, 0.5) is 13.2 Å². The summed E-state index contributed by atoms with van der Waals surface area (Å²) in [7, 11) is 0. The molecule has 1 atom stereocenters. The van der Waals surface area contributed by atoms with Gasteiger partial charge < -0.3 is 14.8 Å². The molecule has 5 nitrogen and oxygen atoms in total. The summed E-state index contributed by atoms with van der Waals surface area (Å²) in [6, 6.07) is 10.6. The second-order valence-electron chi connectivity index (χ2n) is 6.03. The number of amides is 1. The van der Waals surface area contributed by atoms with Crippen LogP contribution >= 0.6 is 0 Å². The zero-order chi connectivity index (χ0) is 18.9. The SMILES string of the molecule is C[C@](O)(CNC(=O)c1ccc(C(F)(F)F)nc1)c1cc2ccccc2o1. The number of hydrogen-bond donors (Lipinski definition) is 2. The van der Waals surface area contributed by atoms with Gasteiger partial charge >= 0.3 is 6.18 Å². The number of benzene rings is 1. The topological polar surface area (TPSA) is 75.4 Å². The molecule has 0 aliphatic heterocycles. The van der Waals surface area contributed by atoms with Gasteiger partial charge in [0.25, 0.3) is 5.91 Å². The molecule has 2 N–H and O–H groups in total. The third-order valence-electron chi connectivity index (χ3n) is 3.87. The molecule has 0 unspecified atom stereocenters. The molecule has 0 fully saturated rings. The van der Waals surface area contributed by atoms with Crippen LogP contribution in [0, 0.1) is 0 Å². The Bertz CT molecular complexity index is 898. The summed E-state index contributed by atoms with van der Waals surface area (Å²) in [6.07, 6.45) is -3.73. The number of aliphatic hydroxyl groups is 1. The van der Waals surface area contributed by atoms with Crippen LogP contribution in [-0.2, 0) is 11.8 Å². The van der Waals surface area contributed by atoms with Gasteiger partial charge in [-0.3, -0.25) is 9.78 Å². The van der Waals surface area contributed by atoms with Crippen molar-refractivity contribution in [2.24, 2.45) is 0 Å². The Labute approximate surface area is 146 Å². The molecular formula is C18H15F3N2O3. The predicted molar refractivity (Wildman–Crippen MR) is 87.4 cm³/mol. The number of aromatic nitrogens is 1. The average Bonchev–Trinajstić information content (AvgIpc) is 3.04. The molecule has 3 rings (SSSR count). The number of furan rings is 1. The highest BCUT2D eigenvalue weighted by Gasteiger charge is 2.32. The molecule has 2 aromatic heterocycles. The van der Waals surface area contributed by atoms with Gasteiger partial charge in [-0.25, -0.2) is 0 Å². The number of carbonyl (C=O) groups is 1. The van der Waals surface area contributed by atoms with Crippen LogP contribution in [0.2, 0.25) is 0 Å². The molecule has 0 aliphatic carbocycles. The lowest BCUT2D eigenvalue weighted by Crippen LogP contribution is -2.38. The quantitative estimate of drug-likeness (QED) is 0.743. The Morgan fingerprint density at radius 1 is 1.23 bits per heavy atom. The number of nitrogens with zero attached hydrogens (tertiary/aromatic N) is 1. The average molecular weight is 364 g/mol. The van der Waals surface area contributed by atoms with Gasteiger partial charge in [0.15, 0.2) is 0 Å². The van der Waals surface area contributed by atoms with Crippen molar-refractivity contribution in [2.45, 2.75) is 18.7 Å². The number of nitrogens with one attached hydrogen (secondary N) is 1. The van der Waals surface area contributed by atoms with Crippen molar-refractivity contribution >= 4 is 16.9 Å². The molecule has 0 saturated heterocycles. The van der Waals surface area contributed by atoms with E-state index in [1.807, 2.05) is 12.1 Å². The number of fused-ring (bicyclic) bond motifs is 1. The fourth-order valence-electron chi connectivity index (χ4n) is 2.38. The maximum absolute atomic E-state index is 12.5. The van der Waals surface area contributed by atoms with Crippen LogP contribution in [0.25, 0.3) is 11.0 Å². The van der Waals surface area contributed by atoms with Crippen molar-refractivity contribution in [3.63, 3.8) is 0 Å². The van der Waals surface area contributed by atoms with E-state index in [4.69, 9.17) is 4.42 Å². The van der Waals surface area contributed by atoms with Crippen LogP contribution in [0.5, 0.6) is 0 Å². The molecule has 1 amide bonds. The zero-order valence-corrected chi connectivity index (χ0v) is 13.7. The van der Waals surface area contributed by atoms with Crippen molar-refractivity contribution in [1.82, 2.24) is 10.3 Å². The summed E-state index contributed by atoms with van der Waals surface area (Å²) in [6.45, 7) is 1.28. The first-order valence-corrected chi connectivity index (χ1v) is 7.70. The van der Waals surface area contributed by atoms with Crippen molar-refractivity contribution in [1.29, 1.82) is 0 Å². The number of hydrogen-bond acceptors (Lipinski definition) is 4. The summed E-state index contributed by atoms with van der Waals surface area (Å²) in [4.78, 5) is 15.3. The molecule has 1 aromatic carbocycles. The highest BCUT2D eigenvalue weighted by Crippen LogP contribution is 2.28. The van der Waals surface area contributed by atoms with Gasteiger partial charge in [-0.1, -0.05) is 18.2 Å². The maximum Gasteiger partial charge on any atom is 0.433 e. The Kier molecular flexibility index (Phi) is 4.45. The Hall–Kier alpha value is -2.87. The largest absolute Gasteiger partial charge is 0.458 e. The van der Waals surface area contributed by atoms with Gasteiger partial charge in [-0.15, -0.1) is 0 Å². The second kappa shape index (κ2) is 6.45. The Morgan fingerprint density at radius 3 is 2.58 bits per heavy atom. The Morgan fingerprint density at radius 2 is 1.96 bits per heavy atom. The number of alkyl halides is 3. The molecular weight excluding hydrogens is 349 g/mol. The normalized spacial score (nSPS) is 14.2. The third kappa shape index (κ3) is 3.70. The van der Waals surface area contributed by atoms with E-state index in [0.717, 1.165) is 23.7 Å². The maximum atomic E-state index is 12.5. The summed E-state index contributed by atoms with van der Waals surface area (Å²) in [5.74, 6) is -0.382. The molecule has 8 heteroatoms. The fraction of sp³-hybridized carbons (Fsp3) is 0.222. The lowest BCUT2D eigenvalue weighted by atomic mass is 10.0. The van der Waals surface area contributed by atoms with E-state index in [1.165, 1.54) is 6.92 Å². The zero-order valence-electron chi connectivity index (χ0n) is 13.7. The van der Waals surface area contributed by atoms with Crippen molar-refractivity contribution in [3.05, 3.63) is 65.7 Å². The summed E-state index contributed by atoms with van der Waals surface area (Å²) >= 11 is 0. The summed E-state index contributed by atoms with van der Waals surface area (Å²) < 4.78 is 43.1. The van der Waals surface area contributed by atoms with Crippen LogP contribution < -0.4 is 5.32 Å². The molecule has 0 aliphatic rings. The van der Waals surface area contributed by atoms with E-state index >= 15 is 0 Å². The van der Waals surface area contributed by atoms with Crippen molar-refractivity contribution < 1.29 is 27.5 Å². The van der Waals surface area contributed by atoms with Crippen LogP contribution in [0.3, 0.4) is 0 Å². The molecule has 2 heterocycles. The van der Waals surface area contributed by atoms with Gasteiger partial charge in [0.05, 0.1) is 12.1 Å². The van der Waals surface area contributed by atoms with Crippen LogP contribution in [0.1, 0.15) is 28.7 Å². The fourth-order valence-corrected chi connectivity index (χ4v) is 2.38. The first-order valence-electron chi connectivity index (χ1n) is 7.70. The number of rotatable bonds is 4. The van der Waals surface area contributed by atoms with Crippen molar-refractivity contribution in [2.75, 3.05) is 6.54 Å². The monoisotopic (exact) mass is 364 g/mol. The Balaban J connectivity index is 1.69. The van der Waals surface area contributed by atoms with E-state index in [9.17, 15) is 23.1 Å². The first-order chi connectivity index (χ1) is 12.2. The highest BCUT2D eigenvalue weighted by atomic mass is 19.4. The number of para-hydroxylation sites is 1. The van der Waals surface area contributed by atoms with E-state index in [-0.39, 0.29) is 17.9 Å². The lowest BCUT2D eigenvalue weighted by molar-refractivity contribution is -0.141. The van der Waals surface area contributed by atoms with E-state index in [2.05, 4.69) is 10.3 Å². The van der Waals surface area contributed by atoms with E-state index in [0.29, 0.717) is 5.58 Å². The van der Waals surface area contributed by atoms with Crippen molar-refractivity contribution in [3.8, 4) is 0 Å². The van der Waals surface area contributed by atoms with Gasteiger partial charge in [0.2, 0.25) is 0 Å². The molecule has 136 valence electrons. The molecule has 0 saturated carbocycles. The van der Waals surface area contributed by atoms with E-state index < -0.39 is 23.4 Å². The van der Waals surface area contributed by atoms with Gasteiger partial charge in [-0.05, 0) is 31.2 Å². The van der Waals surface area contributed by atoms with Crippen LogP contribution in [-0.4, -0.2) is 22.5 Å². The van der Waals surface area contributed by atoms with E-state index in [1.54, 1.807) is 18.2 Å².